The zero-order chi connectivity index (χ0) is 31.1. The molecular formula is C30H25N7O7. The van der Waals surface area contributed by atoms with Gasteiger partial charge in [-0.15, -0.1) is 0 Å². The second kappa shape index (κ2) is 11.0. The molecule has 1 aliphatic carbocycles. The zero-order valence-electron chi connectivity index (χ0n) is 23.0. The van der Waals surface area contributed by atoms with Crippen LogP contribution < -0.4 is 38.1 Å². The van der Waals surface area contributed by atoms with Crippen LogP contribution in [0.1, 0.15) is 66.1 Å². The van der Waals surface area contributed by atoms with Crippen LogP contribution in [0.15, 0.2) is 69.0 Å². The summed E-state index contributed by atoms with van der Waals surface area (Å²) in [6.45, 7) is 0.333. The van der Waals surface area contributed by atoms with Crippen LogP contribution in [0.3, 0.4) is 0 Å². The van der Waals surface area contributed by atoms with Crippen molar-refractivity contribution in [1.29, 1.82) is 0 Å². The SMILES string of the molecule is Nc1c(NCc2cccc(CNC(=O)c3cc(C(=O)N[C@H]4CCc5cc(C(=O)O)ccc54)nc4cc(=O)[nH]n34)c2)c(=O)c1=O. The molecule has 0 unspecified atom stereocenters. The quantitative estimate of drug-likeness (QED) is 0.132. The number of H-pyrrole nitrogens is 1. The number of nitrogens with two attached hydrogens (primary N) is 1. The number of hydrogen-bond acceptors (Lipinski definition) is 9. The minimum absolute atomic E-state index is 0.0198. The Labute approximate surface area is 247 Å². The van der Waals surface area contributed by atoms with Gasteiger partial charge in [-0.1, -0.05) is 30.3 Å². The molecule has 44 heavy (non-hydrogen) atoms. The van der Waals surface area contributed by atoms with E-state index in [4.69, 9.17) is 5.73 Å². The van der Waals surface area contributed by atoms with Crippen molar-refractivity contribution in [2.45, 2.75) is 32.0 Å². The number of hydrogen-bond donors (Lipinski definition) is 6. The van der Waals surface area contributed by atoms with Gasteiger partial charge in [-0.05, 0) is 47.2 Å². The molecule has 0 spiro atoms. The zero-order valence-corrected chi connectivity index (χ0v) is 23.0. The lowest BCUT2D eigenvalue weighted by Gasteiger charge is -2.15. The molecule has 2 aromatic heterocycles. The summed E-state index contributed by atoms with van der Waals surface area (Å²) < 4.78 is 1.20. The van der Waals surface area contributed by atoms with E-state index in [1.54, 1.807) is 36.4 Å². The molecule has 2 heterocycles. The Morgan fingerprint density at radius 2 is 1.75 bits per heavy atom. The van der Waals surface area contributed by atoms with Crippen LogP contribution >= 0.6 is 0 Å². The maximum atomic E-state index is 13.3. The number of nitrogens with one attached hydrogen (secondary N) is 4. The van der Waals surface area contributed by atoms with Gasteiger partial charge < -0.3 is 26.8 Å². The van der Waals surface area contributed by atoms with Crippen molar-refractivity contribution in [2.24, 2.45) is 0 Å². The van der Waals surface area contributed by atoms with E-state index < -0.39 is 34.2 Å². The minimum atomic E-state index is -1.03. The number of fused-ring (bicyclic) bond motifs is 2. The molecule has 5 aromatic rings. The van der Waals surface area contributed by atoms with Crippen molar-refractivity contribution in [2.75, 3.05) is 11.1 Å². The van der Waals surface area contributed by atoms with Gasteiger partial charge in [-0.3, -0.25) is 29.1 Å². The van der Waals surface area contributed by atoms with E-state index in [1.807, 2.05) is 0 Å². The number of nitrogen functional groups attached to an aromatic ring is 1. The van der Waals surface area contributed by atoms with Crippen molar-refractivity contribution < 1.29 is 19.5 Å². The van der Waals surface area contributed by atoms with Crippen LogP contribution in [-0.2, 0) is 19.5 Å². The van der Waals surface area contributed by atoms with Crippen molar-refractivity contribution in [3.8, 4) is 0 Å². The van der Waals surface area contributed by atoms with Gasteiger partial charge in [0.1, 0.15) is 22.8 Å². The normalized spacial score (nSPS) is 14.0. The number of carboxylic acid groups (broad SMARTS) is 1. The number of carbonyl (C=O) groups is 3. The molecule has 1 aliphatic rings. The first kappa shape index (κ1) is 28.1. The van der Waals surface area contributed by atoms with Crippen LogP contribution in [0.25, 0.3) is 5.65 Å². The molecule has 7 N–H and O–H groups in total. The Bertz CT molecular complexity index is 2120. The summed E-state index contributed by atoms with van der Waals surface area (Å²) in [7, 11) is 0. The first-order valence-electron chi connectivity index (χ1n) is 13.6. The Morgan fingerprint density at radius 1 is 0.977 bits per heavy atom. The van der Waals surface area contributed by atoms with Gasteiger partial charge in [0, 0.05) is 25.2 Å². The topological polar surface area (TPSA) is 218 Å². The van der Waals surface area contributed by atoms with E-state index in [-0.39, 0.29) is 53.1 Å². The summed E-state index contributed by atoms with van der Waals surface area (Å²) in [6.07, 6.45) is 1.16. The summed E-state index contributed by atoms with van der Waals surface area (Å²) >= 11 is 0. The summed E-state index contributed by atoms with van der Waals surface area (Å²) in [6, 6.07) is 14.0. The van der Waals surface area contributed by atoms with E-state index in [2.05, 4.69) is 26.0 Å². The number of rotatable bonds is 9. The number of aromatic nitrogens is 3. The predicted octanol–water partition coefficient (Wildman–Crippen LogP) is 0.858. The molecule has 14 heteroatoms. The molecule has 0 aliphatic heterocycles. The molecule has 14 nitrogen and oxygen atoms in total. The van der Waals surface area contributed by atoms with Gasteiger partial charge in [0.25, 0.3) is 28.2 Å². The van der Waals surface area contributed by atoms with Crippen LogP contribution in [-0.4, -0.2) is 37.5 Å². The Balaban J connectivity index is 1.17. The Kier molecular flexibility index (Phi) is 7.01. The highest BCUT2D eigenvalue weighted by Gasteiger charge is 2.27. The number of aromatic carboxylic acids is 1. The average molecular weight is 596 g/mol. The molecule has 1 atom stereocenters. The van der Waals surface area contributed by atoms with Crippen LogP contribution in [0.2, 0.25) is 0 Å². The number of aryl methyl sites for hydroxylation is 1. The smallest absolute Gasteiger partial charge is 0.335 e. The van der Waals surface area contributed by atoms with E-state index in [0.29, 0.717) is 12.8 Å². The van der Waals surface area contributed by atoms with Gasteiger partial charge in [0.15, 0.2) is 5.65 Å². The van der Waals surface area contributed by atoms with Gasteiger partial charge in [0.2, 0.25) is 0 Å². The summed E-state index contributed by atoms with van der Waals surface area (Å²) in [5, 5.41) is 20.3. The molecule has 0 saturated heterocycles. The number of carboxylic acids is 1. The first-order chi connectivity index (χ1) is 21.1. The van der Waals surface area contributed by atoms with Gasteiger partial charge >= 0.3 is 5.97 Å². The van der Waals surface area contributed by atoms with Crippen LogP contribution in [0, 0.1) is 0 Å². The van der Waals surface area contributed by atoms with E-state index in [0.717, 1.165) is 22.3 Å². The molecular weight excluding hydrogens is 570 g/mol. The standard InChI is InChI=1S/C30H25N7O7/c31-24-25(27(40)26(24)39)32-12-14-2-1-3-15(8-14)13-33-29(42)21-10-20(34-22-11-23(38)36-37(21)22)28(41)35-19-7-5-16-9-17(30(43)44)4-6-18(16)19/h1-4,6,8-11,19,32H,5,7,12-13,31H2,(H,33,42)(H,35,41)(H,36,38)(H,43,44)/t19-/m0/s1. The lowest BCUT2D eigenvalue weighted by Crippen LogP contribution is -2.36. The van der Waals surface area contributed by atoms with E-state index in [1.165, 1.54) is 22.7 Å². The third kappa shape index (κ3) is 5.19. The number of carbonyl (C=O) groups excluding carboxylic acids is 2. The number of nitrogens with zero attached hydrogens (tertiary/aromatic N) is 2. The van der Waals surface area contributed by atoms with E-state index in [9.17, 15) is 33.9 Å². The lowest BCUT2D eigenvalue weighted by atomic mass is 10.0. The third-order valence-electron chi connectivity index (χ3n) is 7.56. The second-order valence-corrected chi connectivity index (χ2v) is 10.4. The Morgan fingerprint density at radius 3 is 2.50 bits per heavy atom. The predicted molar refractivity (Wildman–Crippen MR) is 158 cm³/mol. The fourth-order valence-electron chi connectivity index (χ4n) is 5.31. The first-order valence-corrected chi connectivity index (χ1v) is 13.6. The maximum absolute atomic E-state index is 13.3. The highest BCUT2D eigenvalue weighted by molar-refractivity contribution is 5.98. The summed E-state index contributed by atoms with van der Waals surface area (Å²) in [5.41, 5.74) is 6.98. The molecule has 6 rings (SSSR count). The maximum Gasteiger partial charge on any atom is 0.335 e. The van der Waals surface area contributed by atoms with Crippen molar-refractivity contribution in [3.63, 3.8) is 0 Å². The fourth-order valence-corrected chi connectivity index (χ4v) is 5.31. The largest absolute Gasteiger partial charge is 0.478 e. The molecule has 0 radical (unpaired) electrons. The van der Waals surface area contributed by atoms with Gasteiger partial charge in [-0.25, -0.2) is 14.3 Å². The van der Waals surface area contributed by atoms with Crippen molar-refractivity contribution >= 4 is 34.8 Å². The molecule has 0 bridgehead atoms. The highest BCUT2D eigenvalue weighted by Crippen LogP contribution is 2.32. The number of benzene rings is 2. The third-order valence-corrected chi connectivity index (χ3v) is 7.56. The summed E-state index contributed by atoms with van der Waals surface area (Å²) in [4.78, 5) is 77.2. The monoisotopic (exact) mass is 595 g/mol. The summed E-state index contributed by atoms with van der Waals surface area (Å²) in [5.74, 6) is -2.16. The van der Waals surface area contributed by atoms with E-state index >= 15 is 0 Å². The molecule has 222 valence electrons. The van der Waals surface area contributed by atoms with Crippen LogP contribution in [0.5, 0.6) is 0 Å². The number of anilines is 2. The second-order valence-electron chi connectivity index (χ2n) is 10.4. The van der Waals surface area contributed by atoms with Crippen molar-refractivity contribution in [1.82, 2.24) is 25.2 Å². The van der Waals surface area contributed by atoms with Crippen LogP contribution in [0.4, 0.5) is 11.4 Å². The number of amides is 2. The number of aromatic amines is 1. The minimum Gasteiger partial charge on any atom is -0.478 e. The lowest BCUT2D eigenvalue weighted by molar-refractivity contribution is 0.0696. The Hall–Kier alpha value is -6.05. The molecule has 2 amide bonds. The average Bonchev–Trinajstić information content (AvgIpc) is 3.60. The van der Waals surface area contributed by atoms with Gasteiger partial charge in [0.05, 0.1) is 11.6 Å². The highest BCUT2D eigenvalue weighted by atomic mass is 16.4. The molecule has 3 aromatic carbocycles. The fraction of sp³-hybridized carbons (Fsp3) is 0.167. The molecule has 0 fully saturated rings. The molecule has 0 saturated carbocycles. The van der Waals surface area contributed by atoms with Crippen molar-refractivity contribution in [3.05, 3.63) is 125 Å². The van der Waals surface area contributed by atoms with Gasteiger partial charge in [-0.2, -0.15) is 0 Å².